The van der Waals surface area contributed by atoms with Crippen LogP contribution in [0.5, 0.6) is 0 Å². The molecule has 0 spiro atoms. The zero-order valence-corrected chi connectivity index (χ0v) is 16.6. The number of para-hydroxylation sites is 1. The lowest BCUT2D eigenvalue weighted by Gasteiger charge is -2.17. The van der Waals surface area contributed by atoms with Gasteiger partial charge in [-0.15, -0.1) is 0 Å². The highest BCUT2D eigenvalue weighted by Gasteiger charge is 2.18. The van der Waals surface area contributed by atoms with Crippen LogP contribution < -0.4 is 9.62 Å². The maximum atomic E-state index is 12.8. The van der Waals surface area contributed by atoms with E-state index in [0.29, 0.717) is 5.56 Å². The maximum Gasteiger partial charge on any atom is 0.258 e. The van der Waals surface area contributed by atoms with Gasteiger partial charge in [-0.05, 0) is 42.8 Å². The number of aryl methyl sites for hydroxylation is 1. The second-order valence-corrected chi connectivity index (χ2v) is 8.31. The molecular weight excluding hydrogens is 372 g/mol. The van der Waals surface area contributed by atoms with E-state index in [2.05, 4.69) is 4.72 Å². The molecule has 0 radical (unpaired) electrons. The van der Waals surface area contributed by atoms with E-state index in [1.807, 2.05) is 61.5 Å². The zero-order chi connectivity index (χ0) is 20.1. The second kappa shape index (κ2) is 8.37. The molecule has 3 aromatic rings. The van der Waals surface area contributed by atoms with Gasteiger partial charge in [0.2, 0.25) is 10.0 Å². The first-order valence-electron chi connectivity index (χ1n) is 8.85. The maximum absolute atomic E-state index is 12.8. The van der Waals surface area contributed by atoms with Gasteiger partial charge in [-0.3, -0.25) is 4.79 Å². The van der Waals surface area contributed by atoms with Gasteiger partial charge in [0.15, 0.2) is 0 Å². The number of anilines is 1. The monoisotopic (exact) mass is 394 g/mol. The largest absolute Gasteiger partial charge is 0.311 e. The molecule has 0 atom stereocenters. The Hall–Kier alpha value is -2.96. The lowest BCUT2D eigenvalue weighted by Crippen LogP contribution is -2.27. The lowest BCUT2D eigenvalue weighted by molar-refractivity contribution is 0.0993. The Morgan fingerprint density at radius 1 is 0.929 bits per heavy atom. The number of amides is 1. The number of rotatable bonds is 6. The molecule has 0 fully saturated rings. The summed E-state index contributed by atoms with van der Waals surface area (Å²) in [4.78, 5) is 14.3. The van der Waals surface area contributed by atoms with Crippen LogP contribution >= 0.6 is 0 Å². The number of carbonyl (C=O) groups is 1. The average molecular weight is 394 g/mol. The smallest absolute Gasteiger partial charge is 0.258 e. The standard InChI is InChI=1S/C22H22N2O3S/c1-17-8-6-9-18(14-17)16-23-28(26,27)21-13-7-10-19(15-21)22(25)24(2)20-11-4-3-5-12-20/h3-15,23H,16H2,1-2H3. The quantitative estimate of drug-likeness (QED) is 0.692. The van der Waals surface area contributed by atoms with Crippen molar-refractivity contribution in [2.24, 2.45) is 0 Å². The van der Waals surface area contributed by atoms with Crippen molar-refractivity contribution < 1.29 is 13.2 Å². The van der Waals surface area contributed by atoms with E-state index in [0.717, 1.165) is 16.8 Å². The number of nitrogens with one attached hydrogen (secondary N) is 1. The van der Waals surface area contributed by atoms with Crippen molar-refractivity contribution in [1.82, 2.24) is 4.72 Å². The number of nitrogens with zero attached hydrogens (tertiary/aromatic N) is 1. The highest BCUT2D eigenvalue weighted by Crippen LogP contribution is 2.18. The minimum absolute atomic E-state index is 0.0625. The summed E-state index contributed by atoms with van der Waals surface area (Å²) in [5, 5.41) is 0. The van der Waals surface area contributed by atoms with Crippen LogP contribution in [0.2, 0.25) is 0 Å². The molecule has 0 unspecified atom stereocenters. The molecule has 0 aromatic heterocycles. The van der Waals surface area contributed by atoms with Crippen LogP contribution in [0.1, 0.15) is 21.5 Å². The van der Waals surface area contributed by atoms with Gasteiger partial charge in [0.05, 0.1) is 4.90 Å². The minimum atomic E-state index is -3.74. The molecule has 144 valence electrons. The van der Waals surface area contributed by atoms with Crippen LogP contribution in [0.15, 0.2) is 83.8 Å². The van der Waals surface area contributed by atoms with Crippen LogP contribution in [0.3, 0.4) is 0 Å². The van der Waals surface area contributed by atoms with Gasteiger partial charge in [-0.1, -0.05) is 54.1 Å². The van der Waals surface area contributed by atoms with Gasteiger partial charge >= 0.3 is 0 Å². The summed E-state index contributed by atoms with van der Waals surface area (Å²) in [6, 6.07) is 22.9. The summed E-state index contributed by atoms with van der Waals surface area (Å²) < 4.78 is 27.9. The molecule has 0 bridgehead atoms. The molecule has 0 aliphatic rings. The fourth-order valence-corrected chi connectivity index (χ4v) is 3.91. The van der Waals surface area contributed by atoms with E-state index in [1.165, 1.54) is 17.0 Å². The Labute approximate surface area is 165 Å². The molecule has 28 heavy (non-hydrogen) atoms. The summed E-state index contributed by atoms with van der Waals surface area (Å²) in [5.41, 5.74) is 2.98. The summed E-state index contributed by atoms with van der Waals surface area (Å²) in [6.07, 6.45) is 0. The van der Waals surface area contributed by atoms with Crippen LogP contribution in [0, 0.1) is 6.92 Å². The fourth-order valence-electron chi connectivity index (χ4n) is 2.84. The Morgan fingerprint density at radius 3 is 2.36 bits per heavy atom. The van der Waals surface area contributed by atoms with E-state index >= 15 is 0 Å². The number of hydrogen-bond acceptors (Lipinski definition) is 3. The van der Waals surface area contributed by atoms with Crippen LogP contribution in [0.25, 0.3) is 0 Å². The number of hydrogen-bond donors (Lipinski definition) is 1. The average Bonchev–Trinajstić information content (AvgIpc) is 2.72. The van der Waals surface area contributed by atoms with Crippen molar-refractivity contribution in [3.05, 3.63) is 95.6 Å². The third-order valence-corrected chi connectivity index (χ3v) is 5.79. The predicted octanol–water partition coefficient (Wildman–Crippen LogP) is 3.75. The Kier molecular flexibility index (Phi) is 5.92. The topological polar surface area (TPSA) is 66.5 Å². The molecular formula is C22H22N2O3S. The molecule has 0 heterocycles. The highest BCUT2D eigenvalue weighted by atomic mass is 32.2. The van der Waals surface area contributed by atoms with Crippen molar-refractivity contribution in [2.45, 2.75) is 18.4 Å². The molecule has 1 amide bonds. The Bertz CT molecular complexity index is 1080. The van der Waals surface area contributed by atoms with Crippen molar-refractivity contribution >= 4 is 21.6 Å². The van der Waals surface area contributed by atoms with Crippen molar-refractivity contribution in [3.63, 3.8) is 0 Å². The molecule has 0 saturated carbocycles. The number of benzene rings is 3. The molecule has 0 aliphatic heterocycles. The van der Waals surface area contributed by atoms with E-state index in [9.17, 15) is 13.2 Å². The van der Waals surface area contributed by atoms with Crippen LogP contribution in [-0.2, 0) is 16.6 Å². The molecule has 0 aliphatic carbocycles. The first-order chi connectivity index (χ1) is 13.4. The van der Waals surface area contributed by atoms with E-state index < -0.39 is 10.0 Å². The first-order valence-corrected chi connectivity index (χ1v) is 10.3. The summed E-state index contributed by atoms with van der Waals surface area (Å²) in [6.45, 7) is 2.14. The molecule has 3 rings (SSSR count). The SMILES string of the molecule is Cc1cccc(CNS(=O)(=O)c2cccc(C(=O)N(C)c3ccccc3)c2)c1. The molecule has 1 N–H and O–H groups in total. The Balaban J connectivity index is 1.79. The van der Waals surface area contributed by atoms with E-state index in [4.69, 9.17) is 0 Å². The van der Waals surface area contributed by atoms with Gasteiger partial charge in [0, 0.05) is 24.8 Å². The van der Waals surface area contributed by atoms with Gasteiger partial charge in [0.1, 0.15) is 0 Å². The fraction of sp³-hybridized carbons (Fsp3) is 0.136. The number of carbonyl (C=O) groups excluding carboxylic acids is 1. The summed E-state index contributed by atoms with van der Waals surface area (Å²) in [5.74, 6) is -0.276. The molecule has 0 saturated heterocycles. The molecule has 5 nitrogen and oxygen atoms in total. The van der Waals surface area contributed by atoms with E-state index in [1.54, 1.807) is 19.2 Å². The summed E-state index contributed by atoms with van der Waals surface area (Å²) >= 11 is 0. The normalized spacial score (nSPS) is 11.2. The first kappa shape index (κ1) is 19.8. The van der Waals surface area contributed by atoms with Gasteiger partial charge in [0.25, 0.3) is 5.91 Å². The van der Waals surface area contributed by atoms with Crippen molar-refractivity contribution in [3.8, 4) is 0 Å². The zero-order valence-electron chi connectivity index (χ0n) is 15.8. The lowest BCUT2D eigenvalue weighted by atomic mass is 10.1. The predicted molar refractivity (Wildman–Crippen MR) is 111 cm³/mol. The van der Waals surface area contributed by atoms with Gasteiger partial charge < -0.3 is 4.90 Å². The molecule has 3 aromatic carbocycles. The minimum Gasteiger partial charge on any atom is -0.311 e. The summed E-state index contributed by atoms with van der Waals surface area (Å²) in [7, 11) is -2.08. The third-order valence-electron chi connectivity index (χ3n) is 4.39. The van der Waals surface area contributed by atoms with Crippen LogP contribution in [0.4, 0.5) is 5.69 Å². The van der Waals surface area contributed by atoms with Crippen LogP contribution in [-0.4, -0.2) is 21.4 Å². The second-order valence-electron chi connectivity index (χ2n) is 6.54. The van der Waals surface area contributed by atoms with Gasteiger partial charge in [-0.2, -0.15) is 0 Å². The van der Waals surface area contributed by atoms with Crippen molar-refractivity contribution in [2.75, 3.05) is 11.9 Å². The molecule has 6 heteroatoms. The Morgan fingerprint density at radius 2 is 1.64 bits per heavy atom. The number of sulfonamides is 1. The van der Waals surface area contributed by atoms with Crippen molar-refractivity contribution in [1.29, 1.82) is 0 Å². The van der Waals surface area contributed by atoms with E-state index in [-0.39, 0.29) is 17.3 Å². The highest BCUT2D eigenvalue weighted by molar-refractivity contribution is 7.89. The third kappa shape index (κ3) is 4.65. The van der Waals surface area contributed by atoms with Gasteiger partial charge in [-0.25, -0.2) is 13.1 Å².